The van der Waals surface area contributed by atoms with Crippen molar-refractivity contribution in [1.29, 1.82) is 5.26 Å². The minimum absolute atomic E-state index is 0.0554. The Bertz CT molecular complexity index is 440. The van der Waals surface area contributed by atoms with E-state index in [1.165, 1.54) is 0 Å². The van der Waals surface area contributed by atoms with Crippen LogP contribution in [0.4, 0.5) is 0 Å². The molecule has 0 unspecified atom stereocenters. The number of rotatable bonds is 3. The SMILES string of the molecule is N#Cc1ccc(CC(=O)O)c(CBr)c1S. The zero-order chi connectivity index (χ0) is 11.4. The second kappa shape index (κ2) is 5.19. The van der Waals surface area contributed by atoms with Gasteiger partial charge in [-0.25, -0.2) is 0 Å². The van der Waals surface area contributed by atoms with Crippen molar-refractivity contribution >= 4 is 34.5 Å². The summed E-state index contributed by atoms with van der Waals surface area (Å²) in [5.41, 5.74) is 1.91. The third kappa shape index (κ3) is 2.74. The molecule has 0 bridgehead atoms. The number of halogens is 1. The number of carbonyl (C=O) groups is 1. The van der Waals surface area contributed by atoms with Gasteiger partial charge in [0.15, 0.2) is 0 Å². The van der Waals surface area contributed by atoms with E-state index in [9.17, 15) is 4.79 Å². The van der Waals surface area contributed by atoms with Crippen molar-refractivity contribution in [2.24, 2.45) is 0 Å². The van der Waals surface area contributed by atoms with Gasteiger partial charge in [0, 0.05) is 10.2 Å². The van der Waals surface area contributed by atoms with Crippen LogP contribution in [0.2, 0.25) is 0 Å². The molecule has 1 aromatic carbocycles. The van der Waals surface area contributed by atoms with Gasteiger partial charge in [0.25, 0.3) is 0 Å². The highest BCUT2D eigenvalue weighted by atomic mass is 79.9. The number of nitrogens with zero attached hydrogens (tertiary/aromatic N) is 1. The molecule has 0 fully saturated rings. The highest BCUT2D eigenvalue weighted by Crippen LogP contribution is 2.25. The average molecular weight is 286 g/mol. The summed E-state index contributed by atoms with van der Waals surface area (Å²) in [6, 6.07) is 5.25. The van der Waals surface area contributed by atoms with E-state index in [2.05, 4.69) is 28.6 Å². The fraction of sp³-hybridized carbons (Fsp3) is 0.200. The van der Waals surface area contributed by atoms with Crippen LogP contribution in [0.25, 0.3) is 0 Å². The van der Waals surface area contributed by atoms with Gasteiger partial charge >= 0.3 is 5.97 Å². The van der Waals surface area contributed by atoms with Crippen LogP contribution in [0, 0.1) is 11.3 Å². The van der Waals surface area contributed by atoms with E-state index < -0.39 is 5.97 Å². The summed E-state index contributed by atoms with van der Waals surface area (Å²) >= 11 is 7.48. The molecule has 0 amide bonds. The maximum absolute atomic E-state index is 10.6. The lowest BCUT2D eigenvalue weighted by molar-refractivity contribution is -0.136. The Morgan fingerprint density at radius 3 is 2.73 bits per heavy atom. The molecule has 5 heteroatoms. The van der Waals surface area contributed by atoms with E-state index in [1.807, 2.05) is 6.07 Å². The van der Waals surface area contributed by atoms with Crippen LogP contribution in [0.1, 0.15) is 16.7 Å². The first-order valence-electron chi connectivity index (χ1n) is 4.11. The first-order chi connectivity index (χ1) is 7.10. The highest BCUT2D eigenvalue weighted by Gasteiger charge is 2.11. The Labute approximate surface area is 101 Å². The standard InChI is InChI=1S/C10H8BrNO2S/c11-4-8-6(3-9(13)14)1-2-7(5-12)10(8)15/h1-2,15H,3-4H2,(H,13,14). The molecule has 1 aromatic rings. The fourth-order valence-electron chi connectivity index (χ4n) is 1.25. The summed E-state index contributed by atoms with van der Waals surface area (Å²) in [5, 5.41) is 18.0. The van der Waals surface area contributed by atoms with Gasteiger partial charge < -0.3 is 5.11 Å². The highest BCUT2D eigenvalue weighted by molar-refractivity contribution is 9.08. The average Bonchev–Trinajstić information content (AvgIpc) is 2.18. The molecule has 0 aromatic heterocycles. The molecule has 0 aliphatic carbocycles. The predicted molar refractivity (Wildman–Crippen MR) is 62.4 cm³/mol. The third-order valence-electron chi connectivity index (χ3n) is 1.98. The lowest BCUT2D eigenvalue weighted by atomic mass is 10.0. The van der Waals surface area contributed by atoms with E-state index in [4.69, 9.17) is 10.4 Å². The molecule has 3 nitrogen and oxygen atoms in total. The second-order valence-electron chi connectivity index (χ2n) is 2.92. The van der Waals surface area contributed by atoms with Crippen LogP contribution in [-0.4, -0.2) is 11.1 Å². The van der Waals surface area contributed by atoms with Gasteiger partial charge in [0.1, 0.15) is 6.07 Å². The Morgan fingerprint density at radius 1 is 1.60 bits per heavy atom. The Morgan fingerprint density at radius 2 is 2.27 bits per heavy atom. The summed E-state index contributed by atoms with van der Waals surface area (Å²) in [7, 11) is 0. The van der Waals surface area contributed by atoms with Gasteiger partial charge in [-0.3, -0.25) is 4.79 Å². The normalized spacial score (nSPS) is 9.67. The van der Waals surface area contributed by atoms with Crippen LogP contribution in [0.3, 0.4) is 0 Å². The molecule has 0 radical (unpaired) electrons. The molecule has 0 heterocycles. The minimum Gasteiger partial charge on any atom is -0.481 e. The summed E-state index contributed by atoms with van der Waals surface area (Å²) in [6.07, 6.45) is -0.0554. The molecule has 1 rings (SSSR count). The van der Waals surface area contributed by atoms with E-state index in [0.29, 0.717) is 21.4 Å². The maximum atomic E-state index is 10.6. The molecule has 1 N–H and O–H groups in total. The fourth-order valence-corrected chi connectivity index (χ4v) is 2.45. The van der Waals surface area contributed by atoms with E-state index in [1.54, 1.807) is 12.1 Å². The van der Waals surface area contributed by atoms with Crippen molar-refractivity contribution in [3.63, 3.8) is 0 Å². The number of carboxylic acid groups (broad SMARTS) is 1. The topological polar surface area (TPSA) is 61.1 Å². The number of thiol groups is 1. The van der Waals surface area contributed by atoms with Crippen LogP contribution < -0.4 is 0 Å². The summed E-state index contributed by atoms with van der Waals surface area (Å²) in [4.78, 5) is 11.1. The van der Waals surface area contributed by atoms with Crippen molar-refractivity contribution in [2.45, 2.75) is 16.6 Å². The zero-order valence-electron chi connectivity index (χ0n) is 7.70. The molecule has 78 valence electrons. The molecule has 0 aliphatic rings. The molecule has 0 aliphatic heterocycles. The van der Waals surface area contributed by atoms with Gasteiger partial charge in [-0.05, 0) is 17.2 Å². The van der Waals surface area contributed by atoms with Crippen molar-refractivity contribution in [3.05, 3.63) is 28.8 Å². The van der Waals surface area contributed by atoms with Crippen LogP contribution >= 0.6 is 28.6 Å². The van der Waals surface area contributed by atoms with Crippen molar-refractivity contribution in [3.8, 4) is 6.07 Å². The molecule has 0 atom stereocenters. The van der Waals surface area contributed by atoms with Gasteiger partial charge in [-0.1, -0.05) is 22.0 Å². The van der Waals surface area contributed by atoms with Gasteiger partial charge in [0.2, 0.25) is 0 Å². The first-order valence-corrected chi connectivity index (χ1v) is 5.68. The molecule has 0 spiro atoms. The minimum atomic E-state index is -0.894. The lowest BCUT2D eigenvalue weighted by Gasteiger charge is -2.09. The Kier molecular flexibility index (Phi) is 4.18. The third-order valence-corrected chi connectivity index (χ3v) is 3.05. The smallest absolute Gasteiger partial charge is 0.307 e. The van der Waals surface area contributed by atoms with Gasteiger partial charge in [0.05, 0.1) is 12.0 Å². The van der Waals surface area contributed by atoms with E-state index >= 15 is 0 Å². The van der Waals surface area contributed by atoms with Gasteiger partial charge in [-0.2, -0.15) is 5.26 Å². The number of hydrogen-bond acceptors (Lipinski definition) is 3. The van der Waals surface area contributed by atoms with Crippen LogP contribution in [-0.2, 0) is 16.5 Å². The second-order valence-corrected chi connectivity index (χ2v) is 3.92. The number of benzene rings is 1. The largest absolute Gasteiger partial charge is 0.481 e. The molecular formula is C10H8BrNO2S. The first kappa shape index (κ1) is 12.1. The van der Waals surface area contributed by atoms with Crippen molar-refractivity contribution in [1.82, 2.24) is 0 Å². The summed E-state index contributed by atoms with van der Waals surface area (Å²) in [5.74, 6) is -0.894. The van der Waals surface area contributed by atoms with Crippen molar-refractivity contribution < 1.29 is 9.90 Å². The molecule has 0 saturated carbocycles. The van der Waals surface area contributed by atoms with E-state index in [0.717, 1.165) is 5.56 Å². The number of carboxylic acids is 1. The number of alkyl halides is 1. The number of hydrogen-bond donors (Lipinski definition) is 2. The maximum Gasteiger partial charge on any atom is 0.307 e. The number of nitriles is 1. The lowest BCUT2D eigenvalue weighted by Crippen LogP contribution is -2.04. The quantitative estimate of drug-likeness (QED) is 0.662. The van der Waals surface area contributed by atoms with Crippen molar-refractivity contribution in [2.75, 3.05) is 0 Å². The summed E-state index contributed by atoms with van der Waals surface area (Å²) in [6.45, 7) is 0. The summed E-state index contributed by atoms with van der Waals surface area (Å²) < 4.78 is 0. The zero-order valence-corrected chi connectivity index (χ0v) is 10.2. The number of aliphatic carboxylic acids is 1. The van der Waals surface area contributed by atoms with Crippen LogP contribution in [0.15, 0.2) is 17.0 Å². The van der Waals surface area contributed by atoms with E-state index in [-0.39, 0.29) is 6.42 Å². The predicted octanol–water partition coefficient (Wildman–Crippen LogP) is 2.37. The van der Waals surface area contributed by atoms with Gasteiger partial charge in [-0.15, -0.1) is 12.6 Å². The Balaban J connectivity index is 3.25. The van der Waals surface area contributed by atoms with Crippen LogP contribution in [0.5, 0.6) is 0 Å². The Hall–Kier alpha value is -0.990. The molecule has 15 heavy (non-hydrogen) atoms. The molecular weight excluding hydrogens is 278 g/mol. The monoisotopic (exact) mass is 285 g/mol. The molecule has 0 saturated heterocycles.